The molecule has 0 aliphatic carbocycles. The fraction of sp³-hybridized carbons (Fsp3) is 0.833. The second kappa shape index (κ2) is 6.20. The highest BCUT2D eigenvalue weighted by atomic mass is 15.1. The molecule has 0 spiro atoms. The molecule has 0 fully saturated rings. The third-order valence-electron chi connectivity index (χ3n) is 2.96. The average Bonchev–Trinajstić information content (AvgIpc) is 2.17. The summed E-state index contributed by atoms with van der Waals surface area (Å²) in [6.07, 6.45) is 6.10. The molecule has 1 unspecified atom stereocenters. The Morgan fingerprint density at radius 3 is 2.93 bits per heavy atom. The van der Waals surface area contributed by atoms with Crippen molar-refractivity contribution in [3.05, 3.63) is 11.6 Å². The van der Waals surface area contributed by atoms with Crippen molar-refractivity contribution in [3.63, 3.8) is 0 Å². The van der Waals surface area contributed by atoms with Crippen molar-refractivity contribution >= 4 is 0 Å². The van der Waals surface area contributed by atoms with Crippen LogP contribution in [0.2, 0.25) is 0 Å². The lowest BCUT2D eigenvalue weighted by atomic mass is 10.0. The summed E-state index contributed by atoms with van der Waals surface area (Å²) >= 11 is 0. The maximum absolute atomic E-state index is 5.77. The maximum atomic E-state index is 5.77. The lowest BCUT2D eigenvalue weighted by molar-refractivity contribution is 0.238. The Morgan fingerprint density at radius 1 is 1.57 bits per heavy atom. The minimum Gasteiger partial charge on any atom is -0.330 e. The van der Waals surface area contributed by atoms with Crippen molar-refractivity contribution in [2.45, 2.75) is 33.1 Å². The Bertz CT molecular complexity index is 187. The molecule has 0 amide bonds. The molecular formula is C12H24N2. The predicted octanol–water partition coefficient (Wildman–Crippen LogP) is 2.01. The van der Waals surface area contributed by atoms with E-state index in [1.807, 2.05) is 0 Å². The summed E-state index contributed by atoms with van der Waals surface area (Å²) in [4.78, 5) is 2.54. The predicted molar refractivity (Wildman–Crippen MR) is 62.3 cm³/mol. The van der Waals surface area contributed by atoms with Crippen LogP contribution < -0.4 is 5.73 Å². The van der Waals surface area contributed by atoms with Crippen molar-refractivity contribution in [3.8, 4) is 0 Å². The maximum Gasteiger partial charge on any atom is 0.0190 e. The van der Waals surface area contributed by atoms with Gasteiger partial charge in [-0.25, -0.2) is 0 Å². The lowest BCUT2D eigenvalue weighted by Gasteiger charge is -2.29. The minimum absolute atomic E-state index is 0.700. The van der Waals surface area contributed by atoms with Crippen LogP contribution in [0, 0.1) is 5.92 Å². The number of rotatable bonds is 5. The Balaban J connectivity index is 2.31. The number of nitrogens with two attached hydrogens (primary N) is 1. The van der Waals surface area contributed by atoms with Crippen LogP contribution in [0.5, 0.6) is 0 Å². The van der Waals surface area contributed by atoms with Gasteiger partial charge in [0.15, 0.2) is 0 Å². The quantitative estimate of drug-likeness (QED) is 0.682. The first-order chi connectivity index (χ1) is 6.76. The van der Waals surface area contributed by atoms with E-state index in [4.69, 9.17) is 5.73 Å². The first kappa shape index (κ1) is 11.7. The van der Waals surface area contributed by atoms with E-state index in [2.05, 4.69) is 24.8 Å². The van der Waals surface area contributed by atoms with E-state index < -0.39 is 0 Å². The molecule has 0 radical (unpaired) electrons. The van der Waals surface area contributed by atoms with Crippen molar-refractivity contribution in [2.75, 3.05) is 26.2 Å². The highest BCUT2D eigenvalue weighted by Crippen LogP contribution is 2.13. The van der Waals surface area contributed by atoms with Gasteiger partial charge >= 0.3 is 0 Å². The van der Waals surface area contributed by atoms with Crippen LogP contribution in [0.3, 0.4) is 0 Å². The van der Waals surface area contributed by atoms with Crippen LogP contribution in [0.15, 0.2) is 11.6 Å². The van der Waals surface area contributed by atoms with Gasteiger partial charge < -0.3 is 5.73 Å². The van der Waals surface area contributed by atoms with Gasteiger partial charge in [-0.05, 0) is 32.2 Å². The molecule has 1 aliphatic heterocycles. The molecule has 2 nitrogen and oxygen atoms in total. The van der Waals surface area contributed by atoms with Gasteiger partial charge in [0.1, 0.15) is 0 Å². The largest absolute Gasteiger partial charge is 0.330 e. The van der Waals surface area contributed by atoms with Crippen LogP contribution in [0.4, 0.5) is 0 Å². The van der Waals surface area contributed by atoms with E-state index in [0.29, 0.717) is 5.92 Å². The molecule has 0 saturated carbocycles. The zero-order valence-electron chi connectivity index (χ0n) is 9.63. The molecule has 0 bridgehead atoms. The Kier molecular flexibility index (Phi) is 5.20. The Morgan fingerprint density at radius 2 is 2.36 bits per heavy atom. The monoisotopic (exact) mass is 196 g/mol. The molecule has 2 heteroatoms. The van der Waals surface area contributed by atoms with Crippen molar-refractivity contribution in [1.29, 1.82) is 0 Å². The van der Waals surface area contributed by atoms with E-state index in [0.717, 1.165) is 13.1 Å². The van der Waals surface area contributed by atoms with Crippen molar-refractivity contribution < 1.29 is 0 Å². The standard InChI is InChI=1S/C12H24N2/c1-3-5-12(8-13)10-14-7-4-6-11(2)9-14/h6,12H,3-5,7-10,13H2,1-2H3. The van der Waals surface area contributed by atoms with Gasteiger partial charge in [-0.15, -0.1) is 0 Å². The molecule has 2 N–H and O–H groups in total. The molecule has 14 heavy (non-hydrogen) atoms. The van der Waals surface area contributed by atoms with Crippen LogP contribution in [-0.2, 0) is 0 Å². The third kappa shape index (κ3) is 3.81. The van der Waals surface area contributed by atoms with Gasteiger partial charge in [0.25, 0.3) is 0 Å². The first-order valence-corrected chi connectivity index (χ1v) is 5.84. The minimum atomic E-state index is 0.700. The SMILES string of the molecule is CCCC(CN)CN1CCC=C(C)C1. The molecule has 1 rings (SSSR count). The first-order valence-electron chi connectivity index (χ1n) is 5.84. The Labute approximate surface area is 88.2 Å². The lowest BCUT2D eigenvalue weighted by Crippen LogP contribution is -2.36. The zero-order valence-corrected chi connectivity index (χ0v) is 9.63. The molecular weight excluding hydrogens is 172 g/mol. The molecule has 82 valence electrons. The smallest absolute Gasteiger partial charge is 0.0190 e. The molecule has 1 aliphatic rings. The van der Waals surface area contributed by atoms with Gasteiger partial charge in [0, 0.05) is 19.6 Å². The van der Waals surface area contributed by atoms with E-state index in [1.54, 1.807) is 0 Å². The number of hydrogen-bond acceptors (Lipinski definition) is 2. The summed E-state index contributed by atoms with van der Waals surface area (Å²) in [5.41, 5.74) is 7.29. The highest BCUT2D eigenvalue weighted by molar-refractivity contribution is 5.04. The molecule has 0 saturated heterocycles. The average molecular weight is 196 g/mol. The van der Waals surface area contributed by atoms with E-state index >= 15 is 0 Å². The number of nitrogens with zero attached hydrogens (tertiary/aromatic N) is 1. The van der Waals surface area contributed by atoms with Crippen LogP contribution in [0.1, 0.15) is 33.1 Å². The summed E-state index contributed by atoms with van der Waals surface area (Å²) < 4.78 is 0. The van der Waals surface area contributed by atoms with Crippen LogP contribution in [0.25, 0.3) is 0 Å². The molecule has 0 aromatic rings. The van der Waals surface area contributed by atoms with Crippen molar-refractivity contribution in [2.24, 2.45) is 11.7 Å². The third-order valence-corrected chi connectivity index (χ3v) is 2.96. The van der Waals surface area contributed by atoms with E-state index in [-0.39, 0.29) is 0 Å². The van der Waals surface area contributed by atoms with Gasteiger partial charge in [-0.1, -0.05) is 25.0 Å². The highest BCUT2D eigenvalue weighted by Gasteiger charge is 2.14. The topological polar surface area (TPSA) is 29.3 Å². The second-order valence-electron chi connectivity index (χ2n) is 4.46. The van der Waals surface area contributed by atoms with E-state index in [1.165, 1.54) is 37.9 Å². The van der Waals surface area contributed by atoms with E-state index in [9.17, 15) is 0 Å². The summed E-state index contributed by atoms with van der Waals surface area (Å²) in [5.74, 6) is 0.700. The fourth-order valence-electron chi connectivity index (χ4n) is 2.20. The molecule has 0 aromatic heterocycles. The molecule has 0 aromatic carbocycles. The van der Waals surface area contributed by atoms with Crippen LogP contribution >= 0.6 is 0 Å². The normalized spacial score (nSPS) is 20.6. The van der Waals surface area contributed by atoms with Gasteiger partial charge in [-0.3, -0.25) is 4.90 Å². The van der Waals surface area contributed by atoms with Crippen LogP contribution in [-0.4, -0.2) is 31.1 Å². The molecule has 1 heterocycles. The fourth-order valence-corrected chi connectivity index (χ4v) is 2.20. The van der Waals surface area contributed by atoms with Gasteiger partial charge in [0.05, 0.1) is 0 Å². The summed E-state index contributed by atoms with van der Waals surface area (Å²) in [6.45, 7) is 8.87. The molecule has 1 atom stereocenters. The Hall–Kier alpha value is -0.340. The summed E-state index contributed by atoms with van der Waals surface area (Å²) in [5, 5.41) is 0. The van der Waals surface area contributed by atoms with Gasteiger partial charge in [-0.2, -0.15) is 0 Å². The van der Waals surface area contributed by atoms with Crippen molar-refractivity contribution in [1.82, 2.24) is 4.90 Å². The number of hydrogen-bond donors (Lipinski definition) is 1. The second-order valence-corrected chi connectivity index (χ2v) is 4.46. The zero-order chi connectivity index (χ0) is 10.4. The van der Waals surface area contributed by atoms with Gasteiger partial charge in [0.2, 0.25) is 0 Å². The summed E-state index contributed by atoms with van der Waals surface area (Å²) in [7, 11) is 0. The summed E-state index contributed by atoms with van der Waals surface area (Å²) in [6, 6.07) is 0.